The summed E-state index contributed by atoms with van der Waals surface area (Å²) < 4.78 is 90.6. The molecule has 4 nitrogen and oxygen atoms in total. The third-order valence-corrected chi connectivity index (χ3v) is 6.38. The number of benzene rings is 2. The maximum atomic E-state index is 13.2. The molecule has 4 rings (SSSR count). The summed E-state index contributed by atoms with van der Waals surface area (Å²) in [7, 11) is 0. The molecular weight excluding hydrogens is 538 g/mol. The number of aliphatic hydroxyl groups is 2. The highest BCUT2D eigenvalue weighted by atomic mass is 19.4. The minimum absolute atomic E-state index is 0.0365. The van der Waals surface area contributed by atoms with Crippen molar-refractivity contribution in [1.29, 1.82) is 0 Å². The molecule has 2 aromatic heterocycles. The van der Waals surface area contributed by atoms with Crippen LogP contribution in [0.2, 0.25) is 0 Å². The van der Waals surface area contributed by atoms with Gasteiger partial charge in [0.1, 0.15) is 23.0 Å². The zero-order chi connectivity index (χ0) is 29.3. The first kappa shape index (κ1) is 28.6. The van der Waals surface area contributed by atoms with E-state index >= 15 is 0 Å². The van der Waals surface area contributed by atoms with Gasteiger partial charge in [0.2, 0.25) is 0 Å². The Morgan fingerprint density at radius 3 is 1.30 bits per heavy atom. The van der Waals surface area contributed by atoms with Crippen LogP contribution in [-0.2, 0) is 23.6 Å². The summed E-state index contributed by atoms with van der Waals surface area (Å²) in [5, 5.41) is 23.6. The van der Waals surface area contributed by atoms with Crippen molar-refractivity contribution in [2.45, 2.75) is 36.4 Å². The summed E-state index contributed by atoms with van der Waals surface area (Å²) in [6.45, 7) is 0. The number of rotatable bonds is 7. The molecule has 2 aromatic carbocycles. The lowest BCUT2D eigenvalue weighted by atomic mass is 9.75. The molecule has 0 aliphatic carbocycles. The Labute approximate surface area is 224 Å². The maximum Gasteiger partial charge on any atom is 0.416 e. The van der Waals surface area contributed by atoms with Gasteiger partial charge in [-0.15, -0.1) is 24.7 Å². The summed E-state index contributed by atoms with van der Waals surface area (Å²) in [6.07, 6.45) is 0.582. The van der Waals surface area contributed by atoms with E-state index in [9.17, 15) is 36.6 Å². The first-order chi connectivity index (χ1) is 18.7. The summed E-state index contributed by atoms with van der Waals surface area (Å²) in [6, 6.07) is 13.6. The van der Waals surface area contributed by atoms with Gasteiger partial charge in [0.05, 0.1) is 11.1 Å². The normalized spacial score (nSPS) is 15.1. The second kappa shape index (κ2) is 10.3. The van der Waals surface area contributed by atoms with Crippen LogP contribution in [0, 0.1) is 24.7 Å². The minimum Gasteiger partial charge on any atom is -0.458 e. The van der Waals surface area contributed by atoms with Gasteiger partial charge >= 0.3 is 12.4 Å². The molecule has 0 aliphatic heterocycles. The van der Waals surface area contributed by atoms with Crippen LogP contribution in [0.4, 0.5) is 26.3 Å². The highest BCUT2D eigenvalue weighted by Crippen LogP contribution is 2.48. The Hall–Kier alpha value is -4.38. The summed E-state index contributed by atoms with van der Waals surface area (Å²) >= 11 is 0. The van der Waals surface area contributed by atoms with Crippen LogP contribution in [0.15, 0.2) is 81.6 Å². The molecule has 4 aromatic rings. The quantitative estimate of drug-likeness (QED) is 0.184. The van der Waals surface area contributed by atoms with Crippen LogP contribution in [0.3, 0.4) is 0 Å². The van der Waals surface area contributed by atoms with Crippen LogP contribution in [0.25, 0.3) is 22.6 Å². The van der Waals surface area contributed by atoms with E-state index in [1.54, 1.807) is 0 Å². The minimum atomic E-state index is -4.61. The number of hydrogen-bond donors (Lipinski definition) is 2. The van der Waals surface area contributed by atoms with Gasteiger partial charge < -0.3 is 19.0 Å². The molecule has 40 heavy (non-hydrogen) atoms. The fourth-order valence-electron chi connectivity index (χ4n) is 4.30. The highest BCUT2D eigenvalue weighted by Gasteiger charge is 2.55. The molecule has 0 saturated carbocycles. The SMILES string of the molecule is C#CC[C@@](O)(c1ccc(-c2cccc(C(F)(F)F)c2)o1)[C@](O)(CC#C)c1ccc(-c2cccc(C(F)(F)F)c2)o1. The van der Waals surface area contributed by atoms with Crippen molar-refractivity contribution in [1.82, 2.24) is 0 Å². The molecule has 2 N–H and O–H groups in total. The molecule has 0 fully saturated rings. The van der Waals surface area contributed by atoms with E-state index in [0.717, 1.165) is 24.3 Å². The lowest BCUT2D eigenvalue weighted by Crippen LogP contribution is -2.49. The molecule has 206 valence electrons. The molecule has 0 aliphatic rings. The lowest BCUT2D eigenvalue weighted by molar-refractivity contribution is -0.178. The van der Waals surface area contributed by atoms with Crippen molar-refractivity contribution >= 4 is 0 Å². The summed E-state index contributed by atoms with van der Waals surface area (Å²) in [5.74, 6) is 3.67. The Morgan fingerprint density at radius 2 is 0.975 bits per heavy atom. The van der Waals surface area contributed by atoms with Crippen molar-refractivity contribution in [3.8, 4) is 47.3 Å². The van der Waals surface area contributed by atoms with E-state index in [-0.39, 0.29) is 34.2 Å². The van der Waals surface area contributed by atoms with Gasteiger partial charge in [-0.1, -0.05) is 24.3 Å². The summed E-state index contributed by atoms with van der Waals surface area (Å²) in [5.41, 5.74) is -6.70. The number of alkyl halides is 6. The van der Waals surface area contributed by atoms with E-state index < -0.39 is 47.5 Å². The number of furan rings is 2. The monoisotopic (exact) mass is 558 g/mol. The largest absolute Gasteiger partial charge is 0.458 e. The molecule has 0 unspecified atom stereocenters. The van der Waals surface area contributed by atoms with Crippen LogP contribution < -0.4 is 0 Å². The average molecular weight is 558 g/mol. The molecule has 2 heterocycles. The molecule has 0 amide bonds. The molecule has 2 atom stereocenters. The van der Waals surface area contributed by atoms with Gasteiger partial charge in [0, 0.05) is 24.0 Å². The predicted molar refractivity (Wildman–Crippen MR) is 133 cm³/mol. The van der Waals surface area contributed by atoms with Gasteiger partial charge in [-0.2, -0.15) is 26.3 Å². The second-order valence-corrected chi connectivity index (χ2v) is 8.97. The third-order valence-electron chi connectivity index (χ3n) is 6.38. The zero-order valence-corrected chi connectivity index (χ0v) is 20.5. The molecule has 0 spiro atoms. The first-order valence-corrected chi connectivity index (χ1v) is 11.6. The van der Waals surface area contributed by atoms with E-state index in [2.05, 4.69) is 11.8 Å². The Kier molecular flexibility index (Phi) is 7.37. The van der Waals surface area contributed by atoms with Crippen LogP contribution >= 0.6 is 0 Å². The maximum absolute atomic E-state index is 13.2. The third kappa shape index (κ3) is 5.24. The van der Waals surface area contributed by atoms with Crippen molar-refractivity contribution < 1.29 is 45.4 Å². The number of halogens is 6. The van der Waals surface area contributed by atoms with Gasteiger partial charge in [-0.3, -0.25) is 0 Å². The van der Waals surface area contributed by atoms with Crippen molar-refractivity contribution in [2.75, 3.05) is 0 Å². The predicted octanol–water partition coefficient (Wildman–Crippen LogP) is 7.37. The Morgan fingerprint density at radius 1 is 0.600 bits per heavy atom. The zero-order valence-electron chi connectivity index (χ0n) is 20.5. The fraction of sp³-hybridized carbons (Fsp3) is 0.200. The Balaban J connectivity index is 1.79. The fourth-order valence-corrected chi connectivity index (χ4v) is 4.30. The van der Waals surface area contributed by atoms with Crippen LogP contribution in [-0.4, -0.2) is 10.2 Å². The number of hydrogen-bond acceptors (Lipinski definition) is 4. The molecular formula is C30H20F6O4. The molecule has 10 heteroatoms. The van der Waals surface area contributed by atoms with Gasteiger partial charge in [-0.25, -0.2) is 0 Å². The van der Waals surface area contributed by atoms with E-state index in [0.29, 0.717) is 0 Å². The average Bonchev–Trinajstić information content (AvgIpc) is 3.59. The van der Waals surface area contributed by atoms with Gasteiger partial charge in [0.25, 0.3) is 0 Å². The topological polar surface area (TPSA) is 66.7 Å². The molecule has 0 saturated heterocycles. The Bertz CT molecular complexity index is 1480. The van der Waals surface area contributed by atoms with Crippen molar-refractivity contribution in [3.05, 3.63) is 95.4 Å². The smallest absolute Gasteiger partial charge is 0.416 e. The highest BCUT2D eigenvalue weighted by molar-refractivity contribution is 5.60. The lowest BCUT2D eigenvalue weighted by Gasteiger charge is -2.39. The molecule has 0 bridgehead atoms. The van der Waals surface area contributed by atoms with Crippen LogP contribution in [0.1, 0.15) is 35.5 Å². The summed E-state index contributed by atoms with van der Waals surface area (Å²) in [4.78, 5) is 0. The van der Waals surface area contributed by atoms with Gasteiger partial charge in [0.15, 0.2) is 11.2 Å². The molecule has 0 radical (unpaired) electrons. The van der Waals surface area contributed by atoms with Crippen molar-refractivity contribution in [2.24, 2.45) is 0 Å². The van der Waals surface area contributed by atoms with Crippen molar-refractivity contribution in [3.63, 3.8) is 0 Å². The van der Waals surface area contributed by atoms with E-state index in [4.69, 9.17) is 21.7 Å². The standard InChI is InChI=1S/C30H20F6O4/c1-3-15-27(37,25-13-11-23(39-25)19-7-5-9-21(17-19)29(31,32)33)28(38,16-4-2)26-14-12-24(40-26)20-8-6-10-22(18-20)30(34,35)36/h1-2,5-14,17-18,37-38H,15-16H2/t27-,28+. The van der Waals surface area contributed by atoms with Gasteiger partial charge in [-0.05, 0) is 48.5 Å². The first-order valence-electron chi connectivity index (χ1n) is 11.6. The second-order valence-electron chi connectivity index (χ2n) is 8.97. The van der Waals surface area contributed by atoms with E-state index in [1.807, 2.05) is 0 Å². The van der Waals surface area contributed by atoms with E-state index in [1.165, 1.54) is 48.5 Å². The number of terminal acetylenes is 2. The van der Waals surface area contributed by atoms with Crippen LogP contribution in [0.5, 0.6) is 0 Å².